The zero-order valence-corrected chi connectivity index (χ0v) is 10.3. The Labute approximate surface area is 109 Å². The molecule has 0 fully saturated rings. The fourth-order valence-corrected chi connectivity index (χ4v) is 1.52. The maximum atomic E-state index is 13.6. The predicted octanol–water partition coefficient (Wildman–Crippen LogP) is 2.01. The van der Waals surface area contributed by atoms with Gasteiger partial charge >= 0.3 is 5.97 Å². The van der Waals surface area contributed by atoms with Crippen LogP contribution in [0.4, 0.5) is 10.3 Å². The zero-order valence-electron chi connectivity index (χ0n) is 10.3. The van der Waals surface area contributed by atoms with Gasteiger partial charge in [-0.3, -0.25) is 0 Å². The number of carbonyl (C=O) groups is 1. The number of esters is 1. The van der Waals surface area contributed by atoms with Crippen LogP contribution >= 0.6 is 0 Å². The van der Waals surface area contributed by atoms with E-state index in [-0.39, 0.29) is 6.54 Å². The molecule has 0 radical (unpaired) electrons. The minimum atomic E-state index is -0.503. The van der Waals surface area contributed by atoms with Crippen molar-refractivity contribution in [2.24, 2.45) is 0 Å². The summed E-state index contributed by atoms with van der Waals surface area (Å²) in [6.07, 6.45) is 3.16. The van der Waals surface area contributed by atoms with E-state index >= 15 is 0 Å². The summed E-state index contributed by atoms with van der Waals surface area (Å²) in [7, 11) is 1.28. The summed E-state index contributed by atoms with van der Waals surface area (Å²) >= 11 is 0. The van der Waals surface area contributed by atoms with E-state index in [0.717, 1.165) is 0 Å². The zero-order chi connectivity index (χ0) is 13.7. The molecule has 1 aromatic carbocycles. The van der Waals surface area contributed by atoms with E-state index in [1.165, 1.54) is 25.3 Å². The second kappa shape index (κ2) is 5.90. The quantitative estimate of drug-likeness (QED) is 0.853. The Morgan fingerprint density at radius 1 is 1.37 bits per heavy atom. The highest BCUT2D eigenvalue weighted by molar-refractivity contribution is 5.89. The van der Waals surface area contributed by atoms with Crippen molar-refractivity contribution in [1.82, 2.24) is 9.97 Å². The van der Waals surface area contributed by atoms with Gasteiger partial charge in [0.25, 0.3) is 0 Å². The molecule has 0 aliphatic heterocycles. The fraction of sp³-hybridized carbons (Fsp3) is 0.154. The number of benzene rings is 1. The topological polar surface area (TPSA) is 64.1 Å². The third-order valence-corrected chi connectivity index (χ3v) is 2.47. The number of hydrogen-bond donors (Lipinski definition) is 1. The van der Waals surface area contributed by atoms with Gasteiger partial charge < -0.3 is 10.1 Å². The highest BCUT2D eigenvalue weighted by atomic mass is 19.1. The average molecular weight is 261 g/mol. The van der Waals surface area contributed by atoms with Gasteiger partial charge in [-0.15, -0.1) is 0 Å². The lowest BCUT2D eigenvalue weighted by atomic mass is 10.1. The van der Waals surface area contributed by atoms with E-state index < -0.39 is 11.8 Å². The molecule has 0 aliphatic rings. The second-order valence-electron chi connectivity index (χ2n) is 3.72. The van der Waals surface area contributed by atoms with Crippen molar-refractivity contribution in [3.63, 3.8) is 0 Å². The summed E-state index contributed by atoms with van der Waals surface area (Å²) in [6, 6.07) is 5.74. The van der Waals surface area contributed by atoms with Gasteiger partial charge in [0.15, 0.2) is 0 Å². The number of anilines is 1. The largest absolute Gasteiger partial charge is 0.465 e. The van der Waals surface area contributed by atoms with E-state index in [2.05, 4.69) is 20.0 Å². The molecule has 0 atom stereocenters. The van der Waals surface area contributed by atoms with Crippen LogP contribution in [0.1, 0.15) is 15.9 Å². The molecule has 1 heterocycles. The maximum Gasteiger partial charge on any atom is 0.337 e. The molecular formula is C13H12FN3O2. The van der Waals surface area contributed by atoms with Gasteiger partial charge in [-0.05, 0) is 24.3 Å². The van der Waals surface area contributed by atoms with Gasteiger partial charge in [0.05, 0.1) is 12.7 Å². The third-order valence-electron chi connectivity index (χ3n) is 2.47. The Kier molecular flexibility index (Phi) is 4.02. The lowest BCUT2D eigenvalue weighted by molar-refractivity contribution is 0.0600. The monoisotopic (exact) mass is 261 g/mol. The van der Waals surface area contributed by atoms with E-state index in [0.29, 0.717) is 17.1 Å². The van der Waals surface area contributed by atoms with E-state index in [1.807, 2.05) is 0 Å². The van der Waals surface area contributed by atoms with Gasteiger partial charge in [0.1, 0.15) is 5.82 Å². The van der Waals surface area contributed by atoms with Crippen LogP contribution in [0.3, 0.4) is 0 Å². The lowest BCUT2D eigenvalue weighted by Gasteiger charge is -2.07. The maximum absolute atomic E-state index is 13.6. The standard InChI is InChI=1S/C13H12FN3O2/c1-19-12(18)9-3-4-11(14)10(7-9)8-17-13-15-5-2-6-16-13/h2-7H,8H2,1H3,(H,15,16,17). The molecule has 2 aromatic rings. The highest BCUT2D eigenvalue weighted by Crippen LogP contribution is 2.13. The van der Waals surface area contributed by atoms with E-state index in [4.69, 9.17) is 0 Å². The molecule has 6 heteroatoms. The molecular weight excluding hydrogens is 249 g/mol. The van der Waals surface area contributed by atoms with Gasteiger partial charge in [0.2, 0.25) is 5.95 Å². The van der Waals surface area contributed by atoms with Crippen molar-refractivity contribution >= 4 is 11.9 Å². The molecule has 0 unspecified atom stereocenters. The minimum Gasteiger partial charge on any atom is -0.465 e. The number of rotatable bonds is 4. The van der Waals surface area contributed by atoms with Crippen LogP contribution in [0.15, 0.2) is 36.7 Å². The average Bonchev–Trinajstić information content (AvgIpc) is 2.46. The van der Waals surface area contributed by atoms with Crippen molar-refractivity contribution in [2.75, 3.05) is 12.4 Å². The molecule has 0 saturated carbocycles. The Hall–Kier alpha value is -2.50. The molecule has 0 spiro atoms. The first kappa shape index (κ1) is 12.9. The van der Waals surface area contributed by atoms with Gasteiger partial charge in [0, 0.05) is 24.5 Å². The summed E-state index contributed by atoms with van der Waals surface area (Å²) in [6.45, 7) is 0.181. The lowest BCUT2D eigenvalue weighted by Crippen LogP contribution is -2.07. The Balaban J connectivity index is 2.13. The molecule has 0 bridgehead atoms. The van der Waals surface area contributed by atoms with Crippen LogP contribution in [0.2, 0.25) is 0 Å². The van der Waals surface area contributed by atoms with Crippen molar-refractivity contribution in [3.8, 4) is 0 Å². The number of methoxy groups -OCH3 is 1. The second-order valence-corrected chi connectivity index (χ2v) is 3.72. The molecule has 0 saturated heterocycles. The molecule has 5 nitrogen and oxygen atoms in total. The Morgan fingerprint density at radius 3 is 2.79 bits per heavy atom. The molecule has 1 N–H and O–H groups in total. The van der Waals surface area contributed by atoms with E-state index in [1.54, 1.807) is 18.5 Å². The molecule has 0 amide bonds. The minimum absolute atomic E-state index is 0.181. The number of nitrogens with zero attached hydrogens (tertiary/aromatic N) is 2. The van der Waals surface area contributed by atoms with E-state index in [9.17, 15) is 9.18 Å². The number of ether oxygens (including phenoxy) is 1. The van der Waals surface area contributed by atoms with Crippen LogP contribution in [0, 0.1) is 5.82 Å². The van der Waals surface area contributed by atoms with Crippen LogP contribution in [-0.2, 0) is 11.3 Å². The van der Waals surface area contributed by atoms with Crippen molar-refractivity contribution in [1.29, 1.82) is 0 Å². The number of hydrogen-bond acceptors (Lipinski definition) is 5. The highest BCUT2D eigenvalue weighted by Gasteiger charge is 2.10. The van der Waals surface area contributed by atoms with Crippen LogP contribution in [0.5, 0.6) is 0 Å². The molecule has 2 rings (SSSR count). The summed E-state index contributed by atoms with van der Waals surface area (Å²) in [5.41, 5.74) is 0.644. The van der Waals surface area contributed by atoms with Crippen LogP contribution in [0.25, 0.3) is 0 Å². The molecule has 0 aliphatic carbocycles. The summed E-state index contributed by atoms with van der Waals surface area (Å²) in [5, 5.41) is 2.87. The first-order valence-corrected chi connectivity index (χ1v) is 5.58. The molecule has 19 heavy (non-hydrogen) atoms. The van der Waals surface area contributed by atoms with Crippen LogP contribution in [-0.4, -0.2) is 23.0 Å². The van der Waals surface area contributed by atoms with Crippen molar-refractivity contribution < 1.29 is 13.9 Å². The normalized spacial score (nSPS) is 10.0. The summed E-state index contributed by atoms with van der Waals surface area (Å²) in [4.78, 5) is 19.3. The SMILES string of the molecule is COC(=O)c1ccc(F)c(CNc2ncccn2)c1. The predicted molar refractivity (Wildman–Crippen MR) is 67.1 cm³/mol. The number of nitrogens with one attached hydrogen (secondary N) is 1. The molecule has 1 aromatic heterocycles. The van der Waals surface area contributed by atoms with Crippen LogP contribution < -0.4 is 5.32 Å². The number of halogens is 1. The summed E-state index contributed by atoms with van der Waals surface area (Å²) in [5.74, 6) is -0.515. The van der Waals surface area contributed by atoms with Gasteiger partial charge in [-0.1, -0.05) is 0 Å². The Morgan fingerprint density at radius 2 is 2.11 bits per heavy atom. The van der Waals surface area contributed by atoms with Crippen molar-refractivity contribution in [2.45, 2.75) is 6.54 Å². The Bertz CT molecular complexity index is 575. The smallest absolute Gasteiger partial charge is 0.337 e. The van der Waals surface area contributed by atoms with Gasteiger partial charge in [-0.2, -0.15) is 0 Å². The first-order chi connectivity index (χ1) is 9.20. The van der Waals surface area contributed by atoms with Crippen molar-refractivity contribution in [3.05, 3.63) is 53.6 Å². The first-order valence-electron chi connectivity index (χ1n) is 5.58. The molecule has 98 valence electrons. The number of carbonyl (C=O) groups excluding carboxylic acids is 1. The number of aromatic nitrogens is 2. The summed E-state index contributed by atoms with van der Waals surface area (Å²) < 4.78 is 18.2. The third kappa shape index (κ3) is 3.25. The fourth-order valence-electron chi connectivity index (χ4n) is 1.52. The van der Waals surface area contributed by atoms with Gasteiger partial charge in [-0.25, -0.2) is 19.2 Å².